The molecule has 0 amide bonds. The number of hydrogen-bond donors (Lipinski definition) is 1. The molecule has 1 nitrogen and oxygen atoms in total. The van der Waals surface area contributed by atoms with Gasteiger partial charge < -0.3 is 5.32 Å². The van der Waals surface area contributed by atoms with E-state index in [1.165, 1.54) is 25.7 Å². The summed E-state index contributed by atoms with van der Waals surface area (Å²) in [6.45, 7) is 4.80. The normalized spacial score (nSPS) is 43.8. The second-order valence-corrected chi connectivity index (χ2v) is 4.54. The van der Waals surface area contributed by atoms with Crippen LogP contribution in [-0.4, -0.2) is 12.1 Å². The Kier molecular flexibility index (Phi) is 1.31. The monoisotopic (exact) mass is 139 g/mol. The maximum Gasteiger partial charge on any atom is 0.0121 e. The highest BCUT2D eigenvalue weighted by Gasteiger charge is 2.41. The first-order valence-electron chi connectivity index (χ1n) is 4.44. The Bertz CT molecular complexity index is 140. The van der Waals surface area contributed by atoms with Gasteiger partial charge in [-0.15, -0.1) is 0 Å². The fourth-order valence-corrected chi connectivity index (χ4v) is 2.57. The Labute approximate surface area is 63.2 Å². The molecular weight excluding hydrogens is 122 g/mol. The summed E-state index contributed by atoms with van der Waals surface area (Å²) in [6.07, 6.45) is 5.67. The van der Waals surface area contributed by atoms with E-state index in [0.29, 0.717) is 5.41 Å². The first-order valence-corrected chi connectivity index (χ1v) is 4.44. The van der Waals surface area contributed by atoms with Gasteiger partial charge in [-0.3, -0.25) is 0 Å². The fourth-order valence-electron chi connectivity index (χ4n) is 2.57. The molecule has 2 aliphatic heterocycles. The molecule has 2 fully saturated rings. The van der Waals surface area contributed by atoms with Crippen molar-refractivity contribution in [1.82, 2.24) is 5.32 Å². The van der Waals surface area contributed by atoms with Crippen LogP contribution >= 0.6 is 0 Å². The molecule has 2 atom stereocenters. The van der Waals surface area contributed by atoms with Gasteiger partial charge in [0.05, 0.1) is 0 Å². The number of hydrogen-bond acceptors (Lipinski definition) is 1. The minimum absolute atomic E-state index is 0.584. The lowest BCUT2D eigenvalue weighted by Gasteiger charge is -2.27. The lowest BCUT2D eigenvalue weighted by atomic mass is 9.84. The summed E-state index contributed by atoms with van der Waals surface area (Å²) < 4.78 is 0. The standard InChI is InChI=1S/C9H17N/c1-9(2)6-7-4-3-5-8(9)10-7/h7-8,10H,3-6H2,1-2H3/t7?,8-/m1/s1. The van der Waals surface area contributed by atoms with Gasteiger partial charge in [-0.25, -0.2) is 0 Å². The quantitative estimate of drug-likeness (QED) is 0.540. The fraction of sp³-hybridized carbons (Fsp3) is 1.00. The van der Waals surface area contributed by atoms with Crippen molar-refractivity contribution in [3.63, 3.8) is 0 Å². The van der Waals surface area contributed by atoms with E-state index in [1.54, 1.807) is 0 Å². The van der Waals surface area contributed by atoms with Gasteiger partial charge in [0, 0.05) is 12.1 Å². The SMILES string of the molecule is CC1(C)CC2CCC[C@H]1N2. The lowest BCUT2D eigenvalue weighted by molar-refractivity contribution is 0.294. The minimum Gasteiger partial charge on any atom is -0.311 e. The van der Waals surface area contributed by atoms with Crippen molar-refractivity contribution in [3.8, 4) is 0 Å². The molecule has 10 heavy (non-hydrogen) atoms. The molecule has 2 heterocycles. The van der Waals surface area contributed by atoms with Gasteiger partial charge in [-0.2, -0.15) is 0 Å². The first kappa shape index (κ1) is 6.66. The van der Waals surface area contributed by atoms with Crippen molar-refractivity contribution in [3.05, 3.63) is 0 Å². The van der Waals surface area contributed by atoms with Crippen LogP contribution in [0.1, 0.15) is 39.5 Å². The van der Waals surface area contributed by atoms with Crippen molar-refractivity contribution in [2.24, 2.45) is 5.41 Å². The number of nitrogens with one attached hydrogen (secondary N) is 1. The molecule has 1 unspecified atom stereocenters. The van der Waals surface area contributed by atoms with E-state index in [0.717, 1.165) is 12.1 Å². The van der Waals surface area contributed by atoms with Gasteiger partial charge in [0.2, 0.25) is 0 Å². The van der Waals surface area contributed by atoms with Crippen molar-refractivity contribution in [2.45, 2.75) is 51.6 Å². The summed E-state index contributed by atoms with van der Waals surface area (Å²) in [7, 11) is 0. The molecule has 58 valence electrons. The zero-order valence-corrected chi connectivity index (χ0v) is 6.98. The maximum atomic E-state index is 3.68. The second kappa shape index (κ2) is 1.97. The molecule has 2 rings (SSSR count). The molecular formula is C9H17N. The third-order valence-corrected chi connectivity index (χ3v) is 3.20. The van der Waals surface area contributed by atoms with Crippen LogP contribution in [-0.2, 0) is 0 Å². The minimum atomic E-state index is 0.584. The van der Waals surface area contributed by atoms with E-state index in [-0.39, 0.29) is 0 Å². The van der Waals surface area contributed by atoms with Crippen LogP contribution in [0, 0.1) is 5.41 Å². The van der Waals surface area contributed by atoms with E-state index in [4.69, 9.17) is 0 Å². The van der Waals surface area contributed by atoms with Crippen LogP contribution in [0.5, 0.6) is 0 Å². The van der Waals surface area contributed by atoms with E-state index in [2.05, 4.69) is 19.2 Å². The van der Waals surface area contributed by atoms with Gasteiger partial charge in [-0.05, 0) is 24.7 Å². The van der Waals surface area contributed by atoms with Gasteiger partial charge in [0.15, 0.2) is 0 Å². The van der Waals surface area contributed by atoms with Crippen LogP contribution in [0.3, 0.4) is 0 Å². The van der Waals surface area contributed by atoms with Crippen LogP contribution in [0.25, 0.3) is 0 Å². The third kappa shape index (κ3) is 0.878. The average molecular weight is 139 g/mol. The first-order chi connectivity index (χ1) is 4.68. The molecule has 0 aliphatic carbocycles. The van der Waals surface area contributed by atoms with Crippen LogP contribution in [0.15, 0.2) is 0 Å². The Hall–Kier alpha value is -0.0400. The van der Waals surface area contributed by atoms with Crippen LogP contribution < -0.4 is 5.32 Å². The zero-order chi connectivity index (χ0) is 7.19. The molecule has 0 saturated carbocycles. The summed E-state index contributed by atoms with van der Waals surface area (Å²) in [5, 5.41) is 3.68. The highest BCUT2D eigenvalue weighted by Crippen LogP contribution is 2.40. The van der Waals surface area contributed by atoms with E-state index < -0.39 is 0 Å². The van der Waals surface area contributed by atoms with Crippen molar-refractivity contribution in [2.75, 3.05) is 0 Å². The lowest BCUT2D eigenvalue weighted by Crippen LogP contribution is -2.37. The smallest absolute Gasteiger partial charge is 0.0121 e. The number of fused-ring (bicyclic) bond motifs is 2. The zero-order valence-electron chi connectivity index (χ0n) is 6.98. The Morgan fingerprint density at radius 2 is 2.10 bits per heavy atom. The molecule has 1 N–H and O–H groups in total. The Morgan fingerprint density at radius 1 is 1.30 bits per heavy atom. The molecule has 1 heteroatoms. The van der Waals surface area contributed by atoms with E-state index in [1.807, 2.05) is 0 Å². The second-order valence-electron chi connectivity index (χ2n) is 4.54. The average Bonchev–Trinajstić information content (AvgIpc) is 2.04. The maximum absolute atomic E-state index is 3.68. The summed E-state index contributed by atoms with van der Waals surface area (Å²) in [5.74, 6) is 0. The molecule has 0 radical (unpaired) electrons. The summed E-state index contributed by atoms with van der Waals surface area (Å²) in [5.41, 5.74) is 0.584. The van der Waals surface area contributed by atoms with Crippen molar-refractivity contribution < 1.29 is 0 Å². The molecule has 0 spiro atoms. The van der Waals surface area contributed by atoms with Gasteiger partial charge in [0.1, 0.15) is 0 Å². The summed E-state index contributed by atoms with van der Waals surface area (Å²) >= 11 is 0. The van der Waals surface area contributed by atoms with E-state index >= 15 is 0 Å². The van der Waals surface area contributed by atoms with Gasteiger partial charge >= 0.3 is 0 Å². The summed E-state index contributed by atoms with van der Waals surface area (Å²) in [6, 6.07) is 1.68. The Balaban J connectivity index is 2.15. The predicted octanol–water partition coefficient (Wildman–Crippen LogP) is 1.93. The molecule has 0 aromatic carbocycles. The van der Waals surface area contributed by atoms with Gasteiger partial charge in [0.25, 0.3) is 0 Å². The highest BCUT2D eigenvalue weighted by atomic mass is 15.0. The predicted molar refractivity (Wildman–Crippen MR) is 43.0 cm³/mol. The highest BCUT2D eigenvalue weighted by molar-refractivity contribution is 4.99. The molecule has 0 aromatic rings. The van der Waals surface area contributed by atoms with E-state index in [9.17, 15) is 0 Å². The Morgan fingerprint density at radius 3 is 2.70 bits per heavy atom. The molecule has 2 aliphatic rings. The van der Waals surface area contributed by atoms with Crippen LogP contribution in [0.4, 0.5) is 0 Å². The molecule has 2 bridgehead atoms. The largest absolute Gasteiger partial charge is 0.311 e. The molecule has 2 saturated heterocycles. The summed E-state index contributed by atoms with van der Waals surface area (Å²) in [4.78, 5) is 0. The molecule has 0 aromatic heterocycles. The number of rotatable bonds is 0. The topological polar surface area (TPSA) is 12.0 Å². The van der Waals surface area contributed by atoms with Crippen molar-refractivity contribution >= 4 is 0 Å². The van der Waals surface area contributed by atoms with Crippen molar-refractivity contribution in [1.29, 1.82) is 0 Å². The van der Waals surface area contributed by atoms with Gasteiger partial charge in [-0.1, -0.05) is 20.3 Å². The number of piperidine rings is 1. The third-order valence-electron chi connectivity index (χ3n) is 3.20. The van der Waals surface area contributed by atoms with Crippen LogP contribution in [0.2, 0.25) is 0 Å².